The van der Waals surface area contributed by atoms with E-state index in [1.807, 2.05) is 0 Å². The number of rotatable bonds is 3. The fourth-order valence-electron chi connectivity index (χ4n) is 2.59. The number of hydrogen-bond acceptors (Lipinski definition) is 4. The molecule has 1 aliphatic rings. The van der Waals surface area contributed by atoms with Gasteiger partial charge in [-0.25, -0.2) is 0 Å². The van der Waals surface area contributed by atoms with E-state index in [0.717, 1.165) is 19.3 Å². The highest BCUT2D eigenvalue weighted by atomic mass is 16.5. The third-order valence-electron chi connectivity index (χ3n) is 3.65. The molecular weight excluding hydrogens is 256 g/mol. The van der Waals surface area contributed by atoms with E-state index in [4.69, 9.17) is 10.5 Å². The number of piperidine rings is 1. The van der Waals surface area contributed by atoms with E-state index in [9.17, 15) is 9.59 Å². The van der Waals surface area contributed by atoms with Gasteiger partial charge in [0.2, 0.25) is 0 Å². The van der Waals surface area contributed by atoms with Crippen molar-refractivity contribution in [2.75, 3.05) is 19.4 Å². The van der Waals surface area contributed by atoms with Gasteiger partial charge in [0.1, 0.15) is 0 Å². The third kappa shape index (κ3) is 3.29. The Morgan fingerprint density at radius 2 is 2.20 bits per heavy atom. The van der Waals surface area contributed by atoms with E-state index < -0.39 is 0 Å². The first-order chi connectivity index (χ1) is 9.61. The molecule has 0 spiro atoms. The molecule has 1 saturated heterocycles. The van der Waals surface area contributed by atoms with Crippen molar-refractivity contribution >= 4 is 17.6 Å². The van der Waals surface area contributed by atoms with E-state index in [-0.39, 0.29) is 24.3 Å². The van der Waals surface area contributed by atoms with Gasteiger partial charge >= 0.3 is 5.97 Å². The van der Waals surface area contributed by atoms with Crippen LogP contribution in [0.15, 0.2) is 24.3 Å². The molecule has 1 aromatic rings. The van der Waals surface area contributed by atoms with E-state index in [1.165, 1.54) is 7.11 Å². The molecule has 1 fully saturated rings. The number of nitrogens with zero attached hydrogens (tertiary/aromatic N) is 1. The van der Waals surface area contributed by atoms with Crippen molar-refractivity contribution in [3.8, 4) is 0 Å². The molecular formula is C15H20N2O3. The summed E-state index contributed by atoms with van der Waals surface area (Å²) in [6.45, 7) is 0.676. The molecule has 0 bridgehead atoms. The van der Waals surface area contributed by atoms with Gasteiger partial charge < -0.3 is 15.4 Å². The average Bonchev–Trinajstić information content (AvgIpc) is 2.47. The molecule has 1 amide bonds. The molecule has 5 heteroatoms. The molecule has 1 atom stereocenters. The quantitative estimate of drug-likeness (QED) is 0.675. The normalized spacial score (nSPS) is 18.6. The van der Waals surface area contributed by atoms with E-state index in [2.05, 4.69) is 0 Å². The number of amides is 1. The fraction of sp³-hybridized carbons (Fsp3) is 0.467. The second kappa shape index (κ2) is 6.41. The molecule has 0 radical (unpaired) electrons. The van der Waals surface area contributed by atoms with Gasteiger partial charge in [-0.1, -0.05) is 6.07 Å². The van der Waals surface area contributed by atoms with Crippen LogP contribution >= 0.6 is 0 Å². The van der Waals surface area contributed by atoms with Gasteiger partial charge in [0.15, 0.2) is 0 Å². The number of nitrogens with two attached hydrogens (primary N) is 1. The number of likely N-dealkylation sites (tertiary alicyclic amines) is 1. The van der Waals surface area contributed by atoms with Crippen LogP contribution in [0.1, 0.15) is 36.0 Å². The van der Waals surface area contributed by atoms with Crippen LogP contribution in [0, 0.1) is 0 Å². The summed E-state index contributed by atoms with van der Waals surface area (Å²) in [7, 11) is 1.37. The van der Waals surface area contributed by atoms with Crippen LogP contribution in [0.5, 0.6) is 0 Å². The zero-order valence-electron chi connectivity index (χ0n) is 11.7. The minimum Gasteiger partial charge on any atom is -0.469 e. The molecule has 108 valence electrons. The summed E-state index contributed by atoms with van der Waals surface area (Å²) in [4.78, 5) is 25.8. The molecule has 1 aromatic carbocycles. The smallest absolute Gasteiger partial charge is 0.307 e. The van der Waals surface area contributed by atoms with Gasteiger partial charge in [-0.15, -0.1) is 0 Å². The van der Waals surface area contributed by atoms with Crippen LogP contribution in [0.2, 0.25) is 0 Å². The Morgan fingerprint density at radius 3 is 2.90 bits per heavy atom. The predicted octanol–water partition coefficient (Wildman–Crippen LogP) is 1.83. The zero-order valence-corrected chi connectivity index (χ0v) is 11.7. The van der Waals surface area contributed by atoms with Crippen LogP contribution in [-0.4, -0.2) is 36.5 Å². The maximum atomic E-state index is 12.6. The molecule has 20 heavy (non-hydrogen) atoms. The molecule has 1 aliphatic heterocycles. The monoisotopic (exact) mass is 276 g/mol. The SMILES string of the molecule is COC(=O)CC1CCCCN1C(=O)c1cccc(N)c1. The third-order valence-corrected chi connectivity index (χ3v) is 3.65. The molecule has 1 unspecified atom stereocenters. The molecule has 1 heterocycles. The summed E-state index contributed by atoms with van der Waals surface area (Å²) < 4.78 is 4.71. The molecule has 0 aliphatic carbocycles. The number of ether oxygens (including phenoxy) is 1. The minimum atomic E-state index is -0.276. The molecule has 2 rings (SSSR count). The topological polar surface area (TPSA) is 72.6 Å². The second-order valence-electron chi connectivity index (χ2n) is 5.05. The molecule has 2 N–H and O–H groups in total. The van der Waals surface area contributed by atoms with Crippen molar-refractivity contribution in [1.82, 2.24) is 4.90 Å². The van der Waals surface area contributed by atoms with Gasteiger partial charge in [-0.3, -0.25) is 9.59 Å². The number of carbonyl (C=O) groups excluding carboxylic acids is 2. The Morgan fingerprint density at radius 1 is 1.40 bits per heavy atom. The standard InChI is InChI=1S/C15H20N2O3/c1-20-14(18)10-13-7-2-3-8-17(13)15(19)11-5-4-6-12(16)9-11/h4-6,9,13H,2-3,7-8,10,16H2,1H3. The lowest BCUT2D eigenvalue weighted by Crippen LogP contribution is -2.44. The lowest BCUT2D eigenvalue weighted by atomic mass is 9.98. The van der Waals surface area contributed by atoms with Gasteiger partial charge in [0.05, 0.1) is 13.5 Å². The highest BCUT2D eigenvalue weighted by Gasteiger charge is 2.29. The minimum absolute atomic E-state index is 0.0640. The first-order valence-corrected chi connectivity index (χ1v) is 6.85. The van der Waals surface area contributed by atoms with Gasteiger partial charge in [0.25, 0.3) is 5.91 Å². The zero-order chi connectivity index (χ0) is 14.5. The number of anilines is 1. The number of nitrogen functional groups attached to an aromatic ring is 1. The second-order valence-corrected chi connectivity index (χ2v) is 5.05. The summed E-state index contributed by atoms with van der Waals surface area (Å²) in [5, 5.41) is 0. The lowest BCUT2D eigenvalue weighted by molar-refractivity contribution is -0.142. The average molecular weight is 276 g/mol. The Labute approximate surface area is 118 Å². The molecule has 0 saturated carbocycles. The van der Waals surface area contributed by atoms with E-state index in [0.29, 0.717) is 17.8 Å². The summed E-state index contributed by atoms with van der Waals surface area (Å²) in [6, 6.07) is 6.86. The van der Waals surface area contributed by atoms with Crippen molar-refractivity contribution in [3.63, 3.8) is 0 Å². The lowest BCUT2D eigenvalue weighted by Gasteiger charge is -2.35. The molecule has 5 nitrogen and oxygen atoms in total. The number of esters is 1. The first kappa shape index (κ1) is 14.4. The van der Waals surface area contributed by atoms with Crippen molar-refractivity contribution in [2.24, 2.45) is 0 Å². The van der Waals surface area contributed by atoms with Gasteiger partial charge in [0, 0.05) is 23.8 Å². The van der Waals surface area contributed by atoms with Gasteiger partial charge in [-0.2, -0.15) is 0 Å². The highest BCUT2D eigenvalue weighted by Crippen LogP contribution is 2.23. The van der Waals surface area contributed by atoms with Crippen LogP contribution in [0.25, 0.3) is 0 Å². The Bertz CT molecular complexity index is 502. The Hall–Kier alpha value is -2.04. The Kier molecular flexibility index (Phi) is 4.61. The fourth-order valence-corrected chi connectivity index (χ4v) is 2.59. The summed E-state index contributed by atoms with van der Waals surface area (Å²) in [6.07, 6.45) is 3.09. The van der Waals surface area contributed by atoms with E-state index >= 15 is 0 Å². The maximum Gasteiger partial charge on any atom is 0.307 e. The van der Waals surface area contributed by atoms with Crippen molar-refractivity contribution in [2.45, 2.75) is 31.7 Å². The van der Waals surface area contributed by atoms with Crippen LogP contribution in [-0.2, 0) is 9.53 Å². The number of hydrogen-bond donors (Lipinski definition) is 1. The highest BCUT2D eigenvalue weighted by molar-refractivity contribution is 5.95. The summed E-state index contributed by atoms with van der Waals surface area (Å²) in [5.41, 5.74) is 6.86. The summed E-state index contributed by atoms with van der Waals surface area (Å²) >= 11 is 0. The maximum absolute atomic E-state index is 12.6. The largest absolute Gasteiger partial charge is 0.469 e. The number of methoxy groups -OCH3 is 1. The van der Waals surface area contributed by atoms with Crippen molar-refractivity contribution in [1.29, 1.82) is 0 Å². The number of carbonyl (C=O) groups is 2. The molecule has 0 aromatic heterocycles. The van der Waals surface area contributed by atoms with Crippen LogP contribution in [0.3, 0.4) is 0 Å². The van der Waals surface area contributed by atoms with E-state index in [1.54, 1.807) is 29.2 Å². The van der Waals surface area contributed by atoms with Crippen molar-refractivity contribution in [3.05, 3.63) is 29.8 Å². The van der Waals surface area contributed by atoms with Gasteiger partial charge in [-0.05, 0) is 37.5 Å². The predicted molar refractivity (Wildman–Crippen MR) is 76.2 cm³/mol. The summed E-state index contributed by atoms with van der Waals surface area (Å²) in [5.74, 6) is -0.340. The first-order valence-electron chi connectivity index (χ1n) is 6.85. The number of benzene rings is 1. The van der Waals surface area contributed by atoms with Crippen LogP contribution in [0.4, 0.5) is 5.69 Å². The van der Waals surface area contributed by atoms with Crippen LogP contribution < -0.4 is 5.73 Å². The van der Waals surface area contributed by atoms with Crippen molar-refractivity contribution < 1.29 is 14.3 Å². The Balaban J connectivity index is 2.15.